The summed E-state index contributed by atoms with van der Waals surface area (Å²) in [5.41, 5.74) is 1.43. The zero-order chi connectivity index (χ0) is 14.1. The molecule has 1 aliphatic rings. The largest absolute Gasteiger partial charge is 0.324 e. The van der Waals surface area contributed by atoms with Crippen LogP contribution in [-0.4, -0.2) is 17.1 Å². The van der Waals surface area contributed by atoms with Crippen molar-refractivity contribution in [2.45, 2.75) is 17.1 Å². The van der Waals surface area contributed by atoms with Crippen LogP contribution >= 0.6 is 23.1 Å². The molecule has 2 heterocycles. The fourth-order valence-electron chi connectivity index (χ4n) is 1.89. The van der Waals surface area contributed by atoms with Crippen LogP contribution in [0, 0.1) is 0 Å². The monoisotopic (exact) mass is 304 g/mol. The Labute approximate surface area is 124 Å². The minimum atomic E-state index is -0.136. The van der Waals surface area contributed by atoms with Crippen molar-refractivity contribution in [1.82, 2.24) is 0 Å². The number of thioether (sulfide) groups is 1. The number of carbonyl (C=O) groups is 2. The molecule has 1 atom stereocenters. The molecule has 0 saturated heterocycles. The van der Waals surface area contributed by atoms with Gasteiger partial charge in [-0.25, -0.2) is 0 Å². The van der Waals surface area contributed by atoms with E-state index in [1.807, 2.05) is 30.5 Å². The lowest BCUT2D eigenvalue weighted by Gasteiger charge is -2.21. The lowest BCUT2D eigenvalue weighted by molar-refractivity contribution is -0.115. The molecular formula is C14H12N2O2S2. The summed E-state index contributed by atoms with van der Waals surface area (Å²) < 4.78 is 0. The molecule has 0 spiro atoms. The molecule has 1 aromatic carbocycles. The van der Waals surface area contributed by atoms with Gasteiger partial charge in [-0.3, -0.25) is 9.59 Å². The van der Waals surface area contributed by atoms with Crippen LogP contribution in [-0.2, 0) is 4.79 Å². The number of rotatable bonds is 2. The highest BCUT2D eigenvalue weighted by Crippen LogP contribution is 2.37. The zero-order valence-electron chi connectivity index (χ0n) is 10.7. The summed E-state index contributed by atoms with van der Waals surface area (Å²) in [6.07, 6.45) is 0. The van der Waals surface area contributed by atoms with Crippen molar-refractivity contribution in [3.05, 3.63) is 40.6 Å². The first-order chi connectivity index (χ1) is 9.63. The van der Waals surface area contributed by atoms with E-state index in [1.54, 1.807) is 12.1 Å². The number of benzene rings is 1. The smallest absolute Gasteiger partial charge is 0.265 e. The Kier molecular flexibility index (Phi) is 3.50. The van der Waals surface area contributed by atoms with Gasteiger partial charge < -0.3 is 10.6 Å². The van der Waals surface area contributed by atoms with Gasteiger partial charge in [0.05, 0.1) is 15.8 Å². The van der Waals surface area contributed by atoms with E-state index in [2.05, 4.69) is 10.6 Å². The Hall–Kier alpha value is -1.79. The minimum Gasteiger partial charge on any atom is -0.324 e. The standard InChI is InChI=1S/C14H12N2O2S2/c1-8-13(17)16-10-7-9(4-5-11(10)20-8)15-14(18)12-3-2-6-19-12/h2-8H,1H3,(H,15,18)(H,16,17). The molecule has 0 aliphatic carbocycles. The molecule has 3 rings (SSSR count). The molecule has 0 saturated carbocycles. The van der Waals surface area contributed by atoms with Gasteiger partial charge in [-0.1, -0.05) is 6.07 Å². The van der Waals surface area contributed by atoms with Crippen molar-refractivity contribution < 1.29 is 9.59 Å². The molecule has 1 aliphatic heterocycles. The number of fused-ring (bicyclic) bond motifs is 1. The van der Waals surface area contributed by atoms with E-state index in [4.69, 9.17) is 0 Å². The van der Waals surface area contributed by atoms with Crippen LogP contribution in [0.15, 0.2) is 40.6 Å². The Morgan fingerprint density at radius 2 is 2.20 bits per heavy atom. The van der Waals surface area contributed by atoms with Crippen LogP contribution in [0.25, 0.3) is 0 Å². The van der Waals surface area contributed by atoms with Crippen LogP contribution in [0.1, 0.15) is 16.6 Å². The Balaban J connectivity index is 1.81. The van der Waals surface area contributed by atoms with Crippen molar-refractivity contribution in [2.75, 3.05) is 10.6 Å². The first-order valence-electron chi connectivity index (χ1n) is 6.10. The fourth-order valence-corrected chi connectivity index (χ4v) is 3.44. The number of amides is 2. The summed E-state index contributed by atoms with van der Waals surface area (Å²) >= 11 is 2.92. The minimum absolute atomic E-state index is 0.00997. The molecule has 0 bridgehead atoms. The topological polar surface area (TPSA) is 58.2 Å². The molecule has 4 nitrogen and oxygen atoms in total. The quantitative estimate of drug-likeness (QED) is 0.893. The number of hydrogen-bond acceptors (Lipinski definition) is 4. The van der Waals surface area contributed by atoms with Crippen molar-refractivity contribution in [2.24, 2.45) is 0 Å². The zero-order valence-corrected chi connectivity index (χ0v) is 12.3. The average molecular weight is 304 g/mol. The highest BCUT2D eigenvalue weighted by atomic mass is 32.2. The fraction of sp³-hybridized carbons (Fsp3) is 0.143. The molecule has 102 valence electrons. The van der Waals surface area contributed by atoms with Gasteiger partial charge in [0.25, 0.3) is 5.91 Å². The van der Waals surface area contributed by atoms with E-state index in [-0.39, 0.29) is 17.1 Å². The second kappa shape index (κ2) is 5.30. The number of anilines is 2. The summed E-state index contributed by atoms with van der Waals surface area (Å²) in [4.78, 5) is 25.3. The number of nitrogens with one attached hydrogen (secondary N) is 2. The Morgan fingerprint density at radius 1 is 1.35 bits per heavy atom. The maximum atomic E-state index is 12.0. The number of carbonyl (C=O) groups excluding carboxylic acids is 2. The normalized spacial score (nSPS) is 17.2. The summed E-state index contributed by atoms with van der Waals surface area (Å²) in [5, 5.41) is 7.45. The van der Waals surface area contributed by atoms with Gasteiger partial charge in [0.2, 0.25) is 5.91 Å². The Bertz CT molecular complexity index is 668. The van der Waals surface area contributed by atoms with Crippen molar-refractivity contribution >= 4 is 46.3 Å². The van der Waals surface area contributed by atoms with E-state index >= 15 is 0 Å². The second-order valence-corrected chi connectivity index (χ2v) is 6.72. The lowest BCUT2D eigenvalue weighted by Crippen LogP contribution is -2.26. The molecular weight excluding hydrogens is 292 g/mol. The van der Waals surface area contributed by atoms with Gasteiger partial charge >= 0.3 is 0 Å². The molecule has 0 radical (unpaired) electrons. The molecule has 20 heavy (non-hydrogen) atoms. The van der Waals surface area contributed by atoms with E-state index in [0.717, 1.165) is 10.6 Å². The lowest BCUT2D eigenvalue weighted by atomic mass is 10.2. The van der Waals surface area contributed by atoms with Gasteiger partial charge in [0.1, 0.15) is 0 Å². The van der Waals surface area contributed by atoms with Crippen LogP contribution in [0.5, 0.6) is 0 Å². The van der Waals surface area contributed by atoms with Crippen molar-refractivity contribution in [1.29, 1.82) is 0 Å². The molecule has 6 heteroatoms. The maximum Gasteiger partial charge on any atom is 0.265 e. The van der Waals surface area contributed by atoms with Gasteiger partial charge in [-0.15, -0.1) is 23.1 Å². The molecule has 0 fully saturated rings. The van der Waals surface area contributed by atoms with Crippen molar-refractivity contribution in [3.63, 3.8) is 0 Å². The van der Waals surface area contributed by atoms with Crippen LogP contribution in [0.3, 0.4) is 0 Å². The third-order valence-electron chi connectivity index (χ3n) is 2.91. The summed E-state index contributed by atoms with van der Waals surface area (Å²) in [5.74, 6) is -0.146. The van der Waals surface area contributed by atoms with E-state index < -0.39 is 0 Å². The SMILES string of the molecule is CC1Sc2ccc(NC(=O)c3cccs3)cc2NC1=O. The summed E-state index contributed by atoms with van der Waals surface area (Å²) in [7, 11) is 0. The second-order valence-electron chi connectivity index (χ2n) is 4.39. The van der Waals surface area contributed by atoms with E-state index in [1.165, 1.54) is 23.1 Å². The van der Waals surface area contributed by atoms with Crippen LogP contribution < -0.4 is 10.6 Å². The molecule has 2 aromatic rings. The van der Waals surface area contributed by atoms with E-state index in [0.29, 0.717) is 10.6 Å². The van der Waals surface area contributed by atoms with Crippen LogP contribution in [0.2, 0.25) is 0 Å². The van der Waals surface area contributed by atoms with E-state index in [9.17, 15) is 9.59 Å². The Morgan fingerprint density at radius 3 is 2.95 bits per heavy atom. The number of hydrogen-bond donors (Lipinski definition) is 2. The average Bonchev–Trinajstić information content (AvgIpc) is 2.94. The van der Waals surface area contributed by atoms with Gasteiger partial charge in [-0.05, 0) is 36.6 Å². The number of thiophene rings is 1. The van der Waals surface area contributed by atoms with Gasteiger partial charge in [0.15, 0.2) is 0 Å². The highest BCUT2D eigenvalue weighted by molar-refractivity contribution is 8.00. The maximum absolute atomic E-state index is 12.0. The van der Waals surface area contributed by atoms with Gasteiger partial charge in [-0.2, -0.15) is 0 Å². The van der Waals surface area contributed by atoms with Crippen molar-refractivity contribution in [3.8, 4) is 0 Å². The van der Waals surface area contributed by atoms with Crippen LogP contribution in [0.4, 0.5) is 11.4 Å². The molecule has 1 aromatic heterocycles. The van der Waals surface area contributed by atoms with Gasteiger partial charge in [0, 0.05) is 10.6 Å². The summed E-state index contributed by atoms with van der Waals surface area (Å²) in [6.45, 7) is 1.87. The highest BCUT2D eigenvalue weighted by Gasteiger charge is 2.23. The predicted octanol–water partition coefficient (Wildman–Crippen LogP) is 3.43. The molecule has 2 amide bonds. The first-order valence-corrected chi connectivity index (χ1v) is 7.86. The summed E-state index contributed by atoms with van der Waals surface area (Å²) in [6, 6.07) is 9.17. The first kappa shape index (κ1) is 13.2. The third-order valence-corrected chi connectivity index (χ3v) is 4.96. The predicted molar refractivity (Wildman–Crippen MR) is 82.7 cm³/mol. The molecule has 1 unspecified atom stereocenters. The molecule has 2 N–H and O–H groups in total. The third kappa shape index (κ3) is 2.57.